The molecule has 0 aliphatic rings. The summed E-state index contributed by atoms with van der Waals surface area (Å²) in [5.74, 6) is -0.890. The minimum atomic E-state index is -0.796. The van der Waals surface area contributed by atoms with E-state index in [1.54, 1.807) is 11.8 Å². The van der Waals surface area contributed by atoms with Crippen LogP contribution in [0.25, 0.3) is 0 Å². The molecule has 0 saturated carbocycles. The summed E-state index contributed by atoms with van der Waals surface area (Å²) >= 11 is 1.60. The first kappa shape index (κ1) is 15.6. The van der Waals surface area contributed by atoms with Gasteiger partial charge >= 0.3 is 5.97 Å². The fourth-order valence-corrected chi connectivity index (χ4v) is 2.11. The first-order valence-corrected chi connectivity index (χ1v) is 7.41. The Morgan fingerprint density at radius 1 is 1.32 bits per heavy atom. The Kier molecular flexibility index (Phi) is 6.42. The number of benzene rings is 1. The van der Waals surface area contributed by atoms with Crippen molar-refractivity contribution in [2.45, 2.75) is 31.1 Å². The molecule has 0 aliphatic carbocycles. The molecule has 0 bridgehead atoms. The van der Waals surface area contributed by atoms with Crippen molar-refractivity contribution < 1.29 is 14.7 Å². The number of aliphatic carboxylic acids is 1. The van der Waals surface area contributed by atoms with Crippen molar-refractivity contribution in [2.24, 2.45) is 0 Å². The second kappa shape index (κ2) is 7.84. The Labute approximate surface area is 117 Å². The zero-order valence-corrected chi connectivity index (χ0v) is 12.0. The van der Waals surface area contributed by atoms with Crippen LogP contribution in [-0.2, 0) is 4.79 Å². The Morgan fingerprint density at radius 2 is 2.05 bits per heavy atom. The highest BCUT2D eigenvalue weighted by Gasteiger charge is 2.09. The van der Waals surface area contributed by atoms with Gasteiger partial charge in [-0.1, -0.05) is 6.07 Å². The molecule has 1 aromatic rings. The molecule has 1 rings (SSSR count). The molecule has 2 N–H and O–H groups in total. The van der Waals surface area contributed by atoms with E-state index in [0.29, 0.717) is 24.9 Å². The second-order valence-electron chi connectivity index (χ2n) is 4.29. The van der Waals surface area contributed by atoms with Gasteiger partial charge in [0.2, 0.25) is 0 Å². The van der Waals surface area contributed by atoms with Crippen molar-refractivity contribution in [3.05, 3.63) is 29.3 Å². The fraction of sp³-hybridized carbons (Fsp3) is 0.429. The van der Waals surface area contributed by atoms with Gasteiger partial charge in [-0.05, 0) is 43.7 Å². The molecule has 0 saturated heterocycles. The van der Waals surface area contributed by atoms with Gasteiger partial charge < -0.3 is 10.4 Å². The van der Waals surface area contributed by atoms with Crippen molar-refractivity contribution >= 4 is 23.6 Å². The van der Waals surface area contributed by atoms with Crippen LogP contribution >= 0.6 is 11.8 Å². The molecule has 19 heavy (non-hydrogen) atoms. The first-order valence-electron chi connectivity index (χ1n) is 6.19. The fourth-order valence-electron chi connectivity index (χ4n) is 1.67. The lowest BCUT2D eigenvalue weighted by Gasteiger charge is -2.08. The number of hydrogen-bond acceptors (Lipinski definition) is 3. The van der Waals surface area contributed by atoms with E-state index in [2.05, 4.69) is 5.32 Å². The van der Waals surface area contributed by atoms with Crippen LogP contribution in [0, 0.1) is 6.92 Å². The minimum absolute atomic E-state index is 0.0938. The minimum Gasteiger partial charge on any atom is -0.481 e. The van der Waals surface area contributed by atoms with Gasteiger partial charge in [0.15, 0.2) is 0 Å². The lowest BCUT2D eigenvalue weighted by Crippen LogP contribution is -2.25. The summed E-state index contributed by atoms with van der Waals surface area (Å²) in [4.78, 5) is 23.4. The van der Waals surface area contributed by atoms with E-state index >= 15 is 0 Å². The average molecular weight is 281 g/mol. The smallest absolute Gasteiger partial charge is 0.303 e. The maximum Gasteiger partial charge on any atom is 0.303 e. The van der Waals surface area contributed by atoms with Crippen LogP contribution in [0.4, 0.5) is 0 Å². The molecule has 0 aliphatic heterocycles. The summed E-state index contributed by atoms with van der Waals surface area (Å²) in [5, 5.41) is 11.3. The highest BCUT2D eigenvalue weighted by atomic mass is 32.2. The molecule has 0 fully saturated rings. The number of aryl methyl sites for hydroxylation is 1. The monoisotopic (exact) mass is 281 g/mol. The van der Waals surface area contributed by atoms with E-state index < -0.39 is 5.97 Å². The SMILES string of the molecule is CSc1ccc(C)c(C(=O)NCCCCC(=O)O)c1. The summed E-state index contributed by atoms with van der Waals surface area (Å²) in [6.07, 6.45) is 3.38. The zero-order chi connectivity index (χ0) is 14.3. The van der Waals surface area contributed by atoms with Gasteiger partial charge in [0, 0.05) is 23.4 Å². The van der Waals surface area contributed by atoms with Crippen LogP contribution < -0.4 is 5.32 Å². The highest BCUT2D eigenvalue weighted by Crippen LogP contribution is 2.18. The number of nitrogens with one attached hydrogen (secondary N) is 1. The molecule has 4 nitrogen and oxygen atoms in total. The lowest BCUT2D eigenvalue weighted by atomic mass is 10.1. The predicted molar refractivity (Wildman–Crippen MR) is 76.8 cm³/mol. The van der Waals surface area contributed by atoms with E-state index in [1.807, 2.05) is 31.4 Å². The van der Waals surface area contributed by atoms with Crippen LogP contribution in [0.2, 0.25) is 0 Å². The number of unbranched alkanes of at least 4 members (excludes halogenated alkanes) is 1. The number of carboxylic acid groups (broad SMARTS) is 1. The molecule has 0 unspecified atom stereocenters. The summed E-state index contributed by atoms with van der Waals surface area (Å²) in [6.45, 7) is 2.42. The molecule has 104 valence electrons. The van der Waals surface area contributed by atoms with E-state index in [9.17, 15) is 9.59 Å². The maximum absolute atomic E-state index is 12.0. The number of hydrogen-bond donors (Lipinski definition) is 2. The normalized spacial score (nSPS) is 10.2. The Balaban J connectivity index is 2.47. The molecule has 0 atom stereocenters. The third-order valence-corrected chi connectivity index (χ3v) is 3.52. The largest absolute Gasteiger partial charge is 0.481 e. The highest BCUT2D eigenvalue weighted by molar-refractivity contribution is 7.98. The lowest BCUT2D eigenvalue weighted by molar-refractivity contribution is -0.137. The number of rotatable bonds is 7. The van der Waals surface area contributed by atoms with E-state index in [1.165, 1.54) is 0 Å². The predicted octanol–water partition coefficient (Wildman–Crippen LogP) is 2.70. The van der Waals surface area contributed by atoms with Crippen LogP contribution in [0.5, 0.6) is 0 Å². The van der Waals surface area contributed by atoms with Crippen molar-refractivity contribution in [2.75, 3.05) is 12.8 Å². The summed E-state index contributed by atoms with van der Waals surface area (Å²) < 4.78 is 0. The molecule has 5 heteroatoms. The van der Waals surface area contributed by atoms with Crippen molar-refractivity contribution in [3.63, 3.8) is 0 Å². The summed E-state index contributed by atoms with van der Waals surface area (Å²) in [7, 11) is 0. The molecular formula is C14H19NO3S. The van der Waals surface area contributed by atoms with Gasteiger partial charge in [0.05, 0.1) is 0 Å². The molecule has 0 radical (unpaired) electrons. The maximum atomic E-state index is 12.0. The van der Waals surface area contributed by atoms with Crippen LogP contribution in [-0.4, -0.2) is 29.8 Å². The van der Waals surface area contributed by atoms with E-state index in [4.69, 9.17) is 5.11 Å². The quantitative estimate of drug-likeness (QED) is 0.595. The van der Waals surface area contributed by atoms with Crippen LogP contribution in [0.1, 0.15) is 35.2 Å². The molecule has 1 aromatic carbocycles. The molecular weight excluding hydrogens is 262 g/mol. The standard InChI is InChI=1S/C14H19NO3S/c1-10-6-7-11(19-2)9-12(10)14(18)15-8-4-3-5-13(16)17/h6-7,9H,3-5,8H2,1-2H3,(H,15,18)(H,16,17). The van der Waals surface area contributed by atoms with Crippen molar-refractivity contribution in [1.82, 2.24) is 5.32 Å². The van der Waals surface area contributed by atoms with E-state index in [-0.39, 0.29) is 12.3 Å². The Morgan fingerprint density at radius 3 is 2.68 bits per heavy atom. The molecule has 0 aromatic heterocycles. The molecule has 0 spiro atoms. The number of carbonyl (C=O) groups is 2. The van der Waals surface area contributed by atoms with Crippen LogP contribution in [0.3, 0.4) is 0 Å². The number of carbonyl (C=O) groups excluding carboxylic acids is 1. The Hall–Kier alpha value is -1.49. The van der Waals surface area contributed by atoms with Gasteiger partial charge in [0.25, 0.3) is 5.91 Å². The van der Waals surface area contributed by atoms with Crippen molar-refractivity contribution in [1.29, 1.82) is 0 Å². The first-order chi connectivity index (χ1) is 9.04. The third-order valence-electron chi connectivity index (χ3n) is 2.79. The number of carboxylic acids is 1. The summed E-state index contributed by atoms with van der Waals surface area (Å²) in [5.41, 5.74) is 1.63. The van der Waals surface area contributed by atoms with Gasteiger partial charge in [-0.2, -0.15) is 0 Å². The van der Waals surface area contributed by atoms with Crippen LogP contribution in [0.15, 0.2) is 23.1 Å². The van der Waals surface area contributed by atoms with Crippen molar-refractivity contribution in [3.8, 4) is 0 Å². The second-order valence-corrected chi connectivity index (χ2v) is 5.17. The van der Waals surface area contributed by atoms with Gasteiger partial charge in [-0.25, -0.2) is 0 Å². The zero-order valence-electron chi connectivity index (χ0n) is 11.2. The third kappa shape index (κ3) is 5.34. The van der Waals surface area contributed by atoms with Gasteiger partial charge in [0.1, 0.15) is 0 Å². The molecule has 1 amide bonds. The van der Waals surface area contributed by atoms with E-state index in [0.717, 1.165) is 10.5 Å². The average Bonchev–Trinajstić information content (AvgIpc) is 2.38. The van der Waals surface area contributed by atoms with Gasteiger partial charge in [-0.15, -0.1) is 11.8 Å². The summed E-state index contributed by atoms with van der Waals surface area (Å²) in [6, 6.07) is 5.81. The Bertz CT molecular complexity index is 460. The number of thioether (sulfide) groups is 1. The molecule has 0 heterocycles. The topological polar surface area (TPSA) is 66.4 Å². The van der Waals surface area contributed by atoms with Gasteiger partial charge in [-0.3, -0.25) is 9.59 Å². The number of amides is 1.